The molecule has 78 valence electrons. The van der Waals surface area contributed by atoms with Gasteiger partial charge in [0, 0.05) is 30.8 Å². The third-order valence-electron chi connectivity index (χ3n) is 2.83. The maximum atomic E-state index is 5.28. The van der Waals surface area contributed by atoms with E-state index in [0.29, 0.717) is 0 Å². The normalized spacial score (nSPS) is 12.9. The number of methoxy groups -OCH3 is 1. The molecule has 0 aliphatic carbocycles. The quantitative estimate of drug-likeness (QED) is 0.737. The van der Waals surface area contributed by atoms with Crippen LogP contribution in [0.5, 0.6) is 5.88 Å². The number of H-pyrrole nitrogens is 1. The molecule has 0 saturated carbocycles. The highest BCUT2D eigenvalue weighted by Gasteiger charge is 2.22. The smallest absolute Gasteiger partial charge is 0.195 e. The second kappa shape index (κ2) is 2.79. The Kier molecular flexibility index (Phi) is 1.56. The molecule has 2 aromatic heterocycles. The van der Waals surface area contributed by atoms with E-state index in [-0.39, 0.29) is 0 Å². The molecular formula is C10H12N4O. The lowest BCUT2D eigenvalue weighted by atomic mass is 10.1. The van der Waals surface area contributed by atoms with E-state index in [1.807, 2.05) is 23.9 Å². The molecule has 0 aromatic carbocycles. The summed E-state index contributed by atoms with van der Waals surface area (Å²) in [7, 11) is 3.65. The molecule has 0 atom stereocenters. The first-order valence-corrected chi connectivity index (χ1v) is 4.81. The van der Waals surface area contributed by atoms with E-state index in [2.05, 4.69) is 15.5 Å². The summed E-state index contributed by atoms with van der Waals surface area (Å²) in [5.74, 6) is 1.92. The van der Waals surface area contributed by atoms with Crippen LogP contribution in [0, 0.1) is 0 Å². The predicted octanol–water partition coefficient (Wildman–Crippen LogP) is 1.35. The van der Waals surface area contributed by atoms with Crippen molar-refractivity contribution in [3.8, 4) is 17.1 Å². The van der Waals surface area contributed by atoms with E-state index in [1.165, 1.54) is 5.56 Å². The maximum absolute atomic E-state index is 5.28. The van der Waals surface area contributed by atoms with E-state index in [1.54, 1.807) is 7.11 Å². The Morgan fingerprint density at radius 1 is 1.53 bits per heavy atom. The van der Waals surface area contributed by atoms with Crippen molar-refractivity contribution >= 4 is 5.82 Å². The molecule has 3 rings (SSSR count). The van der Waals surface area contributed by atoms with E-state index >= 15 is 0 Å². The summed E-state index contributed by atoms with van der Waals surface area (Å²) >= 11 is 0. The monoisotopic (exact) mass is 204 g/mol. The highest BCUT2D eigenvalue weighted by atomic mass is 16.5. The molecule has 2 aromatic rings. The summed E-state index contributed by atoms with van der Waals surface area (Å²) in [5, 5.41) is 10.4. The zero-order valence-corrected chi connectivity index (χ0v) is 8.66. The first-order valence-electron chi connectivity index (χ1n) is 4.81. The van der Waals surface area contributed by atoms with Crippen LogP contribution in [-0.2, 0) is 13.6 Å². The molecule has 0 bridgehead atoms. The van der Waals surface area contributed by atoms with Crippen molar-refractivity contribution in [2.24, 2.45) is 7.05 Å². The Balaban J connectivity index is 2.25. The van der Waals surface area contributed by atoms with Gasteiger partial charge >= 0.3 is 0 Å². The van der Waals surface area contributed by atoms with E-state index in [0.717, 1.165) is 29.5 Å². The minimum absolute atomic E-state index is 0.805. The van der Waals surface area contributed by atoms with E-state index < -0.39 is 0 Å². The molecule has 0 radical (unpaired) electrons. The molecule has 5 nitrogen and oxygen atoms in total. The lowest BCUT2D eigenvalue weighted by Crippen LogP contribution is -2.09. The van der Waals surface area contributed by atoms with Crippen LogP contribution < -0.4 is 10.1 Å². The van der Waals surface area contributed by atoms with Crippen molar-refractivity contribution < 1.29 is 4.74 Å². The number of aromatic amines is 1. The topological polar surface area (TPSA) is 54.9 Å². The van der Waals surface area contributed by atoms with Crippen LogP contribution >= 0.6 is 0 Å². The third-order valence-corrected chi connectivity index (χ3v) is 2.83. The highest BCUT2D eigenvalue weighted by molar-refractivity contribution is 5.80. The number of hydrogen-bond acceptors (Lipinski definition) is 3. The van der Waals surface area contributed by atoms with E-state index in [9.17, 15) is 0 Å². The lowest BCUT2D eigenvalue weighted by molar-refractivity contribution is 0.383. The first-order chi connectivity index (χ1) is 7.31. The largest absolute Gasteiger partial charge is 0.482 e. The number of rotatable bonds is 1. The average Bonchev–Trinajstić information content (AvgIpc) is 2.82. The summed E-state index contributed by atoms with van der Waals surface area (Å²) < 4.78 is 7.28. The number of nitrogens with zero attached hydrogens (tertiary/aromatic N) is 2. The van der Waals surface area contributed by atoms with Gasteiger partial charge in [-0.15, -0.1) is 0 Å². The van der Waals surface area contributed by atoms with Gasteiger partial charge in [-0.05, 0) is 0 Å². The van der Waals surface area contributed by atoms with Crippen molar-refractivity contribution in [3.63, 3.8) is 0 Å². The van der Waals surface area contributed by atoms with Gasteiger partial charge in [-0.3, -0.25) is 5.10 Å². The van der Waals surface area contributed by atoms with Crippen LogP contribution in [0.2, 0.25) is 0 Å². The van der Waals surface area contributed by atoms with Crippen molar-refractivity contribution in [2.75, 3.05) is 12.4 Å². The van der Waals surface area contributed by atoms with Gasteiger partial charge < -0.3 is 14.6 Å². The molecular weight excluding hydrogens is 192 g/mol. The highest BCUT2D eigenvalue weighted by Crippen LogP contribution is 2.38. The predicted molar refractivity (Wildman–Crippen MR) is 56.9 cm³/mol. The Labute approximate surface area is 87.1 Å². The third kappa shape index (κ3) is 1.000. The Hall–Kier alpha value is -1.91. The zero-order valence-electron chi connectivity index (χ0n) is 8.66. The van der Waals surface area contributed by atoms with Crippen LogP contribution in [0.4, 0.5) is 5.82 Å². The zero-order chi connectivity index (χ0) is 10.4. The van der Waals surface area contributed by atoms with Crippen molar-refractivity contribution in [2.45, 2.75) is 6.54 Å². The van der Waals surface area contributed by atoms with Gasteiger partial charge in [0.1, 0.15) is 5.82 Å². The number of nitrogens with one attached hydrogen (secondary N) is 2. The number of fused-ring (bicyclic) bond motifs is 3. The van der Waals surface area contributed by atoms with Crippen LogP contribution in [0.3, 0.4) is 0 Å². The Morgan fingerprint density at radius 2 is 2.40 bits per heavy atom. The summed E-state index contributed by atoms with van der Waals surface area (Å²) in [6.45, 7) is 0.805. The Bertz CT molecular complexity index is 511. The van der Waals surface area contributed by atoms with Gasteiger partial charge in [0.05, 0.1) is 19.0 Å². The fourth-order valence-electron chi connectivity index (χ4n) is 2.04. The van der Waals surface area contributed by atoms with Crippen LogP contribution in [0.25, 0.3) is 11.3 Å². The fourth-order valence-corrected chi connectivity index (χ4v) is 2.04. The van der Waals surface area contributed by atoms with Crippen LogP contribution in [0.15, 0.2) is 12.3 Å². The molecule has 0 spiro atoms. The molecule has 0 saturated heterocycles. The average molecular weight is 204 g/mol. The summed E-state index contributed by atoms with van der Waals surface area (Å²) in [6, 6.07) is 2.01. The number of aromatic nitrogens is 3. The molecule has 0 fully saturated rings. The van der Waals surface area contributed by atoms with Gasteiger partial charge in [0.2, 0.25) is 0 Å². The minimum Gasteiger partial charge on any atom is -0.482 e. The number of ether oxygens (including phenoxy) is 1. The van der Waals surface area contributed by atoms with Crippen molar-refractivity contribution in [1.82, 2.24) is 14.8 Å². The molecule has 0 unspecified atom stereocenters. The molecule has 0 amide bonds. The second-order valence-electron chi connectivity index (χ2n) is 3.63. The molecule has 3 heterocycles. The number of hydrogen-bond donors (Lipinski definition) is 2. The van der Waals surface area contributed by atoms with Crippen molar-refractivity contribution in [1.29, 1.82) is 0 Å². The Morgan fingerprint density at radius 3 is 3.20 bits per heavy atom. The van der Waals surface area contributed by atoms with E-state index in [4.69, 9.17) is 4.74 Å². The molecule has 15 heavy (non-hydrogen) atoms. The number of anilines is 1. The van der Waals surface area contributed by atoms with Gasteiger partial charge in [0.25, 0.3) is 0 Å². The fraction of sp³-hybridized carbons (Fsp3) is 0.300. The van der Waals surface area contributed by atoms with Gasteiger partial charge in [-0.25, -0.2) is 0 Å². The molecule has 5 heteroatoms. The van der Waals surface area contributed by atoms with Gasteiger partial charge in [0.15, 0.2) is 5.88 Å². The summed E-state index contributed by atoms with van der Waals surface area (Å²) in [4.78, 5) is 0. The summed E-state index contributed by atoms with van der Waals surface area (Å²) in [5.41, 5.74) is 3.39. The van der Waals surface area contributed by atoms with Crippen LogP contribution in [0.1, 0.15) is 5.56 Å². The van der Waals surface area contributed by atoms with Gasteiger partial charge in [-0.1, -0.05) is 0 Å². The molecule has 1 aliphatic rings. The first kappa shape index (κ1) is 8.40. The second-order valence-corrected chi connectivity index (χ2v) is 3.63. The van der Waals surface area contributed by atoms with Gasteiger partial charge in [-0.2, -0.15) is 5.10 Å². The SMILES string of the molecule is COc1cc2c(n1C)NCc1cn[nH]c1-2. The maximum Gasteiger partial charge on any atom is 0.195 e. The molecule has 2 N–H and O–H groups in total. The molecule has 1 aliphatic heterocycles. The van der Waals surface area contributed by atoms with Crippen LogP contribution in [-0.4, -0.2) is 21.9 Å². The minimum atomic E-state index is 0.805. The lowest BCUT2D eigenvalue weighted by Gasteiger charge is -2.15. The summed E-state index contributed by atoms with van der Waals surface area (Å²) in [6.07, 6.45) is 1.85. The standard InChI is InChI=1S/C10H12N4O/c1-14-8(15-2)3-7-9-6(5-12-13-9)4-11-10(7)14/h3,5,11H,4H2,1-2H3,(H,12,13). The van der Waals surface area contributed by atoms with Crippen molar-refractivity contribution in [3.05, 3.63) is 17.8 Å².